The van der Waals surface area contributed by atoms with E-state index in [4.69, 9.17) is 0 Å². The number of amides is 1. The van der Waals surface area contributed by atoms with Gasteiger partial charge >= 0.3 is 0 Å². The van der Waals surface area contributed by atoms with Gasteiger partial charge in [-0.25, -0.2) is 17.2 Å². The first kappa shape index (κ1) is 18.0. The van der Waals surface area contributed by atoms with Gasteiger partial charge in [0.1, 0.15) is 16.5 Å². The fraction of sp³-hybridized carbons (Fsp3) is 0.471. The van der Waals surface area contributed by atoms with Crippen LogP contribution in [0.3, 0.4) is 0 Å². The molecule has 1 aromatic carbocycles. The van der Waals surface area contributed by atoms with E-state index < -0.39 is 26.6 Å². The number of benzene rings is 1. The second kappa shape index (κ2) is 7.21. The minimum atomic E-state index is -4.12. The molecule has 0 aromatic heterocycles. The zero-order chi connectivity index (χ0) is 18.0. The van der Waals surface area contributed by atoms with E-state index in [1.165, 1.54) is 0 Å². The highest BCUT2D eigenvalue weighted by Crippen LogP contribution is 2.24. The summed E-state index contributed by atoms with van der Waals surface area (Å²) < 4.78 is 53.3. The number of allylic oxidation sites excluding steroid dienone is 2. The molecule has 25 heavy (non-hydrogen) atoms. The van der Waals surface area contributed by atoms with Gasteiger partial charge in [0.2, 0.25) is 15.9 Å². The molecule has 1 atom stereocenters. The first-order valence-electron chi connectivity index (χ1n) is 8.27. The van der Waals surface area contributed by atoms with Crippen LogP contribution in [0.15, 0.2) is 35.2 Å². The second-order valence-electron chi connectivity index (χ2n) is 6.33. The van der Waals surface area contributed by atoms with Gasteiger partial charge in [0, 0.05) is 32.6 Å². The van der Waals surface area contributed by atoms with Crippen LogP contribution in [-0.2, 0) is 14.8 Å². The van der Waals surface area contributed by atoms with Gasteiger partial charge in [-0.1, -0.05) is 12.2 Å². The summed E-state index contributed by atoms with van der Waals surface area (Å²) in [4.78, 5) is 13.3. The van der Waals surface area contributed by atoms with E-state index in [0.29, 0.717) is 12.5 Å². The maximum Gasteiger partial charge on any atom is 0.246 e. The molecule has 0 unspecified atom stereocenters. The van der Waals surface area contributed by atoms with Gasteiger partial charge in [-0.2, -0.15) is 4.31 Å². The van der Waals surface area contributed by atoms with E-state index in [-0.39, 0.29) is 38.0 Å². The van der Waals surface area contributed by atoms with Crippen molar-refractivity contribution in [2.24, 2.45) is 5.92 Å². The molecule has 2 aliphatic rings. The van der Waals surface area contributed by atoms with Crippen molar-refractivity contribution in [3.63, 3.8) is 0 Å². The lowest BCUT2D eigenvalue weighted by Gasteiger charge is -2.34. The van der Waals surface area contributed by atoms with E-state index in [2.05, 4.69) is 6.08 Å². The van der Waals surface area contributed by atoms with Gasteiger partial charge < -0.3 is 4.90 Å². The Morgan fingerprint density at radius 1 is 1.16 bits per heavy atom. The molecule has 8 heteroatoms. The Balaban J connectivity index is 1.64. The maximum atomic E-state index is 13.8. The van der Waals surface area contributed by atoms with Crippen LogP contribution in [0, 0.1) is 17.6 Å². The average Bonchev–Trinajstić information content (AvgIpc) is 3.10. The van der Waals surface area contributed by atoms with E-state index in [1.54, 1.807) is 4.90 Å². The average molecular weight is 370 g/mol. The number of rotatable bonds is 4. The normalized spacial score (nSPS) is 21.7. The summed E-state index contributed by atoms with van der Waals surface area (Å²) in [7, 11) is -4.12. The van der Waals surface area contributed by atoms with E-state index in [1.807, 2.05) is 6.08 Å². The maximum absolute atomic E-state index is 13.8. The predicted octanol–water partition coefficient (Wildman–Crippen LogP) is 2.15. The summed E-state index contributed by atoms with van der Waals surface area (Å²) in [5, 5.41) is 0. The molecule has 0 saturated carbocycles. The number of sulfonamides is 1. The number of carbonyl (C=O) groups excluding carboxylic acids is 1. The third-order valence-electron chi connectivity index (χ3n) is 4.65. The molecular formula is C17H20F2N2O3S. The van der Waals surface area contributed by atoms with Crippen molar-refractivity contribution in [3.8, 4) is 0 Å². The van der Waals surface area contributed by atoms with E-state index in [0.717, 1.165) is 29.3 Å². The SMILES string of the molecule is O=C(C[C@H]1C=CCC1)N1CCN(S(=O)(=O)c2cc(F)ccc2F)CC1. The zero-order valence-electron chi connectivity index (χ0n) is 13.7. The Labute approximate surface area is 146 Å². The van der Waals surface area contributed by atoms with Crippen LogP contribution in [0.25, 0.3) is 0 Å². The Morgan fingerprint density at radius 2 is 1.88 bits per heavy atom. The molecular weight excluding hydrogens is 350 g/mol. The number of halogens is 2. The van der Waals surface area contributed by atoms with E-state index in [9.17, 15) is 22.0 Å². The summed E-state index contributed by atoms with van der Waals surface area (Å²) in [6.07, 6.45) is 6.51. The third-order valence-corrected chi connectivity index (χ3v) is 6.57. The van der Waals surface area contributed by atoms with Crippen molar-refractivity contribution in [3.05, 3.63) is 42.0 Å². The van der Waals surface area contributed by atoms with Gasteiger partial charge in [0.05, 0.1) is 0 Å². The topological polar surface area (TPSA) is 57.7 Å². The molecule has 1 aromatic rings. The molecule has 1 fully saturated rings. The monoisotopic (exact) mass is 370 g/mol. The number of piperazine rings is 1. The van der Waals surface area contributed by atoms with Crippen LogP contribution in [-0.4, -0.2) is 49.7 Å². The van der Waals surface area contributed by atoms with Crippen molar-refractivity contribution < 1.29 is 22.0 Å². The van der Waals surface area contributed by atoms with Crippen LogP contribution in [0.4, 0.5) is 8.78 Å². The Morgan fingerprint density at radius 3 is 2.52 bits per heavy atom. The molecule has 1 aliphatic heterocycles. The summed E-state index contributed by atoms with van der Waals surface area (Å²) in [5.74, 6) is -1.52. The standard InChI is InChI=1S/C17H20F2N2O3S/c18-14-5-6-15(19)16(12-14)25(23,24)21-9-7-20(8-10-21)17(22)11-13-3-1-2-4-13/h1,3,5-6,12-13H,2,4,7-11H2/t13-/m0/s1. The van der Waals surface area contributed by atoms with Crippen molar-refractivity contribution in [1.82, 2.24) is 9.21 Å². The quantitative estimate of drug-likeness (QED) is 0.763. The summed E-state index contributed by atoms with van der Waals surface area (Å²) in [6, 6.07) is 2.37. The predicted molar refractivity (Wildman–Crippen MR) is 88.2 cm³/mol. The highest BCUT2D eigenvalue weighted by atomic mass is 32.2. The number of nitrogens with zero attached hydrogens (tertiary/aromatic N) is 2. The van der Waals surface area contributed by atoms with Gasteiger partial charge in [-0.15, -0.1) is 0 Å². The van der Waals surface area contributed by atoms with Gasteiger partial charge in [0.25, 0.3) is 0 Å². The summed E-state index contributed by atoms with van der Waals surface area (Å²) >= 11 is 0. The molecule has 5 nitrogen and oxygen atoms in total. The summed E-state index contributed by atoms with van der Waals surface area (Å²) in [6.45, 7) is 0.659. The molecule has 1 heterocycles. The highest BCUT2D eigenvalue weighted by molar-refractivity contribution is 7.89. The van der Waals surface area contributed by atoms with E-state index >= 15 is 0 Å². The minimum absolute atomic E-state index is 0.00512. The smallest absolute Gasteiger partial charge is 0.246 e. The first-order valence-corrected chi connectivity index (χ1v) is 9.71. The van der Waals surface area contributed by atoms with Gasteiger partial charge in [-0.3, -0.25) is 4.79 Å². The molecule has 1 aliphatic carbocycles. The third kappa shape index (κ3) is 3.90. The summed E-state index contributed by atoms with van der Waals surface area (Å²) in [5.41, 5.74) is 0. The Bertz CT molecular complexity index is 787. The van der Waals surface area contributed by atoms with Crippen molar-refractivity contribution in [2.75, 3.05) is 26.2 Å². The molecule has 1 saturated heterocycles. The lowest BCUT2D eigenvalue weighted by atomic mass is 10.0. The number of hydrogen-bond acceptors (Lipinski definition) is 3. The molecule has 0 radical (unpaired) electrons. The van der Waals surface area contributed by atoms with Crippen LogP contribution >= 0.6 is 0 Å². The van der Waals surface area contributed by atoms with Crippen LogP contribution in [0.1, 0.15) is 19.3 Å². The minimum Gasteiger partial charge on any atom is -0.340 e. The van der Waals surface area contributed by atoms with Crippen molar-refractivity contribution >= 4 is 15.9 Å². The van der Waals surface area contributed by atoms with Crippen molar-refractivity contribution in [1.29, 1.82) is 0 Å². The molecule has 1 amide bonds. The fourth-order valence-electron chi connectivity index (χ4n) is 3.21. The largest absolute Gasteiger partial charge is 0.340 e. The van der Waals surface area contributed by atoms with Gasteiger partial charge in [-0.05, 0) is 37.0 Å². The lowest BCUT2D eigenvalue weighted by Crippen LogP contribution is -2.50. The highest BCUT2D eigenvalue weighted by Gasteiger charge is 2.32. The van der Waals surface area contributed by atoms with Crippen LogP contribution in [0.5, 0.6) is 0 Å². The molecule has 3 rings (SSSR count). The number of hydrogen-bond donors (Lipinski definition) is 0. The van der Waals surface area contributed by atoms with Gasteiger partial charge in [0.15, 0.2) is 0 Å². The Kier molecular flexibility index (Phi) is 5.19. The lowest BCUT2D eigenvalue weighted by molar-refractivity contribution is -0.133. The Hall–Kier alpha value is -1.80. The molecule has 0 spiro atoms. The van der Waals surface area contributed by atoms with Crippen LogP contribution in [0.2, 0.25) is 0 Å². The molecule has 0 N–H and O–H groups in total. The fourth-order valence-corrected chi connectivity index (χ4v) is 4.71. The number of carbonyl (C=O) groups is 1. The van der Waals surface area contributed by atoms with Crippen molar-refractivity contribution in [2.45, 2.75) is 24.2 Å². The first-order chi connectivity index (χ1) is 11.9. The molecule has 136 valence electrons. The van der Waals surface area contributed by atoms with Crippen LogP contribution < -0.4 is 0 Å². The second-order valence-corrected chi connectivity index (χ2v) is 8.24. The molecule has 0 bridgehead atoms. The zero-order valence-corrected chi connectivity index (χ0v) is 14.5.